The Kier molecular flexibility index (Phi) is 5.92. The van der Waals surface area contributed by atoms with Gasteiger partial charge in [0.05, 0.1) is 27.9 Å². The number of primary amides is 1. The van der Waals surface area contributed by atoms with E-state index in [1.807, 2.05) is 0 Å². The summed E-state index contributed by atoms with van der Waals surface area (Å²) in [6.07, 6.45) is 2.76. The number of nitrogens with two attached hydrogens (primary N) is 1. The molecule has 4 nitrogen and oxygen atoms in total. The van der Waals surface area contributed by atoms with Crippen LogP contribution >= 0.6 is 0 Å². The van der Waals surface area contributed by atoms with Crippen LogP contribution in [0.1, 0.15) is 23.0 Å². The van der Waals surface area contributed by atoms with E-state index in [4.69, 9.17) is 5.73 Å². The van der Waals surface area contributed by atoms with Gasteiger partial charge in [0.25, 0.3) is 5.91 Å². The van der Waals surface area contributed by atoms with Crippen molar-refractivity contribution in [3.63, 3.8) is 0 Å². The molecule has 158 valence electrons. The van der Waals surface area contributed by atoms with E-state index in [0.717, 1.165) is 34.7 Å². The number of hydrogen-bond acceptors (Lipinski definition) is 2. The van der Waals surface area contributed by atoms with Gasteiger partial charge in [0.15, 0.2) is 5.43 Å². The number of nitrogens with zero attached hydrogens (tertiary/aromatic N) is 1. The molecule has 0 saturated heterocycles. The first-order valence-electron chi connectivity index (χ1n) is 8.98. The summed E-state index contributed by atoms with van der Waals surface area (Å²) in [7, 11) is 0. The number of benzene rings is 1. The van der Waals surface area contributed by atoms with Crippen molar-refractivity contribution in [2.75, 3.05) is 0 Å². The second kappa shape index (κ2) is 8.43. The average molecular weight is 428 g/mol. The summed E-state index contributed by atoms with van der Waals surface area (Å²) in [6.45, 7) is 4.93. The van der Waals surface area contributed by atoms with Crippen LogP contribution in [0.15, 0.2) is 77.8 Å². The minimum atomic E-state index is -1.11. The molecule has 0 aliphatic carbocycles. The lowest BCUT2D eigenvalue weighted by Crippen LogP contribution is -2.18. The van der Waals surface area contributed by atoms with Gasteiger partial charge in [0, 0.05) is 23.9 Å². The maximum atomic E-state index is 14.7. The number of fused-ring (bicyclic) bond motifs is 1. The zero-order valence-corrected chi connectivity index (χ0v) is 16.3. The van der Waals surface area contributed by atoms with Crippen molar-refractivity contribution in [3.8, 4) is 11.1 Å². The fourth-order valence-electron chi connectivity index (χ4n) is 3.18. The molecule has 2 N–H and O–H groups in total. The number of halogens is 4. The zero-order valence-electron chi connectivity index (χ0n) is 16.3. The van der Waals surface area contributed by atoms with E-state index in [0.29, 0.717) is 6.08 Å². The van der Waals surface area contributed by atoms with E-state index >= 15 is 0 Å². The van der Waals surface area contributed by atoms with Crippen LogP contribution in [0.5, 0.6) is 0 Å². The molecule has 31 heavy (non-hydrogen) atoms. The van der Waals surface area contributed by atoms with Crippen LogP contribution in [-0.4, -0.2) is 10.3 Å². The molecule has 2 aromatic heterocycles. The molecule has 0 bridgehead atoms. The van der Waals surface area contributed by atoms with E-state index in [-0.39, 0.29) is 22.3 Å². The molecule has 0 spiro atoms. The van der Waals surface area contributed by atoms with Gasteiger partial charge in [-0.25, -0.2) is 17.6 Å². The molecule has 0 atom stereocenters. The Hall–Kier alpha value is -3.94. The third kappa shape index (κ3) is 3.92. The van der Waals surface area contributed by atoms with Gasteiger partial charge < -0.3 is 10.1 Å². The van der Waals surface area contributed by atoms with Gasteiger partial charge in [-0.05, 0) is 31.2 Å². The Bertz CT molecular complexity index is 1330. The van der Waals surface area contributed by atoms with Crippen LogP contribution in [0, 0.1) is 11.6 Å². The van der Waals surface area contributed by atoms with Crippen molar-refractivity contribution in [1.82, 2.24) is 4.40 Å². The first-order valence-corrected chi connectivity index (χ1v) is 8.98. The van der Waals surface area contributed by atoms with Gasteiger partial charge in [-0.3, -0.25) is 9.59 Å². The fourth-order valence-corrected chi connectivity index (χ4v) is 3.18. The van der Waals surface area contributed by atoms with Crippen LogP contribution < -0.4 is 11.2 Å². The molecule has 0 radical (unpaired) electrons. The number of amides is 1. The third-order valence-electron chi connectivity index (χ3n) is 4.63. The molecule has 8 heteroatoms. The molecule has 3 aromatic rings. The summed E-state index contributed by atoms with van der Waals surface area (Å²) >= 11 is 0. The van der Waals surface area contributed by atoms with Crippen molar-refractivity contribution in [2.45, 2.75) is 6.92 Å². The van der Waals surface area contributed by atoms with Gasteiger partial charge in [-0.15, -0.1) is 0 Å². The van der Waals surface area contributed by atoms with E-state index in [9.17, 15) is 27.2 Å². The smallest absolute Gasteiger partial charge is 0.250 e. The first kappa shape index (κ1) is 21.8. The van der Waals surface area contributed by atoms with E-state index < -0.39 is 45.8 Å². The lowest BCUT2D eigenvalue weighted by Gasteiger charge is -2.17. The molecule has 1 aromatic carbocycles. The van der Waals surface area contributed by atoms with E-state index in [1.165, 1.54) is 25.3 Å². The summed E-state index contributed by atoms with van der Waals surface area (Å²) < 4.78 is 58.2. The predicted octanol–water partition coefficient (Wildman–Crippen LogP) is 5.08. The number of pyridine rings is 2. The van der Waals surface area contributed by atoms with Crippen molar-refractivity contribution in [3.05, 3.63) is 106 Å². The normalized spacial score (nSPS) is 12.3. The average Bonchev–Trinajstić information content (AvgIpc) is 2.73. The predicted molar refractivity (Wildman–Crippen MR) is 111 cm³/mol. The van der Waals surface area contributed by atoms with Gasteiger partial charge in [-0.2, -0.15) is 0 Å². The van der Waals surface area contributed by atoms with Gasteiger partial charge in [-0.1, -0.05) is 18.7 Å². The molecule has 1 amide bonds. The van der Waals surface area contributed by atoms with E-state index in [2.05, 4.69) is 6.58 Å². The van der Waals surface area contributed by atoms with Gasteiger partial charge in [0.1, 0.15) is 23.3 Å². The van der Waals surface area contributed by atoms with Crippen molar-refractivity contribution in [2.24, 2.45) is 5.73 Å². The minimum absolute atomic E-state index is 0.0306. The zero-order chi connectivity index (χ0) is 22.9. The number of allylic oxidation sites excluding steroid dienone is 5. The Labute approximate surface area is 174 Å². The summed E-state index contributed by atoms with van der Waals surface area (Å²) in [5, 5.41) is 0. The Morgan fingerprint density at radius 2 is 1.71 bits per heavy atom. The molecule has 3 rings (SSSR count). The molecule has 0 aliphatic heterocycles. The Balaban J connectivity index is 2.44. The fraction of sp³-hybridized carbons (Fsp3) is 0.0435. The molecule has 0 unspecified atom stereocenters. The molecule has 2 heterocycles. The third-order valence-corrected chi connectivity index (χ3v) is 4.63. The molecular formula is C23H16F4N2O2. The highest BCUT2D eigenvalue weighted by atomic mass is 19.1. The first-order chi connectivity index (χ1) is 14.7. The molecule has 0 saturated carbocycles. The Morgan fingerprint density at radius 3 is 2.29 bits per heavy atom. The topological polar surface area (TPSA) is 64.6 Å². The molecule has 0 fully saturated rings. The maximum absolute atomic E-state index is 14.7. The minimum Gasteiger partial charge on any atom is -0.366 e. The van der Waals surface area contributed by atoms with Gasteiger partial charge >= 0.3 is 0 Å². The number of rotatable bonds is 5. The van der Waals surface area contributed by atoms with Crippen LogP contribution in [0.4, 0.5) is 17.6 Å². The highest BCUT2D eigenvalue weighted by Crippen LogP contribution is 2.32. The SMILES string of the molecule is C=C(/C(F)=C\C(F)=C/C)c1c(C(N)=O)ccc2c(-c3c(F)cccc3F)c(=O)ccn12. The summed E-state index contributed by atoms with van der Waals surface area (Å²) in [6, 6.07) is 6.56. The largest absolute Gasteiger partial charge is 0.366 e. The lowest BCUT2D eigenvalue weighted by atomic mass is 9.99. The summed E-state index contributed by atoms with van der Waals surface area (Å²) in [5.41, 5.74) is 2.94. The molecule has 0 aliphatic rings. The van der Waals surface area contributed by atoms with Crippen LogP contribution in [0.3, 0.4) is 0 Å². The quantitative estimate of drug-likeness (QED) is 0.455. The summed E-state index contributed by atoms with van der Waals surface area (Å²) in [4.78, 5) is 24.5. The van der Waals surface area contributed by atoms with Crippen molar-refractivity contribution >= 4 is 17.0 Å². The maximum Gasteiger partial charge on any atom is 0.250 e. The summed E-state index contributed by atoms with van der Waals surface area (Å²) in [5.74, 6) is -4.91. The highest BCUT2D eigenvalue weighted by Gasteiger charge is 2.22. The second-order valence-corrected chi connectivity index (χ2v) is 6.51. The number of aromatic nitrogens is 1. The van der Waals surface area contributed by atoms with Crippen molar-refractivity contribution in [1.29, 1.82) is 0 Å². The Morgan fingerprint density at radius 1 is 1.06 bits per heavy atom. The van der Waals surface area contributed by atoms with Crippen LogP contribution in [0.25, 0.3) is 22.2 Å². The monoisotopic (exact) mass is 428 g/mol. The molecular weight excluding hydrogens is 412 g/mol. The number of carbonyl (C=O) groups excluding carboxylic acids is 1. The van der Waals surface area contributed by atoms with Crippen molar-refractivity contribution < 1.29 is 22.4 Å². The van der Waals surface area contributed by atoms with Crippen LogP contribution in [-0.2, 0) is 0 Å². The van der Waals surface area contributed by atoms with Gasteiger partial charge in [0.2, 0.25) is 0 Å². The standard InChI is InChI=1S/C23H16F4N2O2/c1-3-13(24)11-17(27)12(2)22-14(23(28)31)7-8-18-21(19(30)9-10-29(18)22)20-15(25)5-4-6-16(20)26/h3-11H,2H2,1H3,(H2,28,31)/b13-3+,17-11+. The number of carbonyl (C=O) groups is 1. The number of hydrogen-bond donors (Lipinski definition) is 1. The van der Waals surface area contributed by atoms with Crippen LogP contribution in [0.2, 0.25) is 0 Å². The lowest BCUT2D eigenvalue weighted by molar-refractivity contribution is 0.0999. The second-order valence-electron chi connectivity index (χ2n) is 6.51. The van der Waals surface area contributed by atoms with E-state index in [1.54, 1.807) is 0 Å². The highest BCUT2D eigenvalue weighted by molar-refractivity contribution is 6.00.